The van der Waals surface area contributed by atoms with Crippen LogP contribution < -0.4 is 10.6 Å². The molecule has 2 N–H and O–H groups in total. The fourth-order valence-electron chi connectivity index (χ4n) is 1.64. The Morgan fingerprint density at radius 1 is 1.18 bits per heavy atom. The van der Waals surface area contributed by atoms with Crippen molar-refractivity contribution in [3.8, 4) is 0 Å². The molecule has 0 amide bonds. The molecule has 0 radical (unpaired) electrons. The Hall–Kier alpha value is -1.76. The maximum absolute atomic E-state index is 12.1. The molecule has 0 saturated heterocycles. The molecule has 0 spiro atoms. The predicted molar refractivity (Wildman–Crippen MR) is 80.8 cm³/mol. The van der Waals surface area contributed by atoms with Crippen molar-refractivity contribution in [2.24, 2.45) is 4.99 Å². The number of ether oxygens (including phenoxy) is 1. The van der Waals surface area contributed by atoms with Gasteiger partial charge >= 0.3 is 6.18 Å². The second-order valence-corrected chi connectivity index (χ2v) is 4.59. The highest BCUT2D eigenvalue weighted by Gasteiger charge is 2.26. The van der Waals surface area contributed by atoms with Gasteiger partial charge in [-0.1, -0.05) is 30.3 Å². The van der Waals surface area contributed by atoms with Gasteiger partial charge in [0.25, 0.3) is 0 Å². The number of nitrogens with one attached hydrogen (secondary N) is 2. The van der Waals surface area contributed by atoms with Crippen LogP contribution in [0.3, 0.4) is 0 Å². The first-order valence-corrected chi connectivity index (χ1v) is 7.22. The van der Waals surface area contributed by atoms with Crippen LogP contribution in [0.25, 0.3) is 0 Å². The summed E-state index contributed by atoms with van der Waals surface area (Å²) in [6, 6.07) is 9.75. The topological polar surface area (TPSA) is 45.7 Å². The number of aliphatic imine (C=N–C) groups is 1. The summed E-state index contributed by atoms with van der Waals surface area (Å²) >= 11 is 0. The molecule has 0 atom stereocenters. The number of hydrogen-bond donors (Lipinski definition) is 2. The lowest BCUT2D eigenvalue weighted by molar-refractivity contribution is -0.132. The van der Waals surface area contributed by atoms with Gasteiger partial charge in [-0.15, -0.1) is 0 Å². The number of benzene rings is 1. The zero-order valence-electron chi connectivity index (χ0n) is 12.6. The summed E-state index contributed by atoms with van der Waals surface area (Å²) in [6.07, 6.45) is -5.10. The fraction of sp³-hybridized carbons (Fsp3) is 0.533. The Bertz CT molecular complexity index is 435. The standard InChI is InChI=1S/C15H22F3N3O/c1-2-19-14(20-9-8-15(16,17)18)21-10-11-22-12-13-6-4-3-5-7-13/h3-7H,2,8-12H2,1H3,(H2,19,20,21). The van der Waals surface area contributed by atoms with Gasteiger partial charge < -0.3 is 15.4 Å². The van der Waals surface area contributed by atoms with Gasteiger partial charge in [0.2, 0.25) is 0 Å². The molecule has 4 nitrogen and oxygen atoms in total. The zero-order valence-corrected chi connectivity index (χ0v) is 12.6. The number of alkyl halides is 3. The molecular formula is C15H22F3N3O. The van der Waals surface area contributed by atoms with E-state index in [0.29, 0.717) is 32.3 Å². The van der Waals surface area contributed by atoms with Crippen LogP contribution in [0.2, 0.25) is 0 Å². The van der Waals surface area contributed by atoms with E-state index in [2.05, 4.69) is 15.6 Å². The van der Waals surface area contributed by atoms with Crippen LogP contribution in [0.4, 0.5) is 13.2 Å². The van der Waals surface area contributed by atoms with E-state index in [0.717, 1.165) is 5.56 Å². The van der Waals surface area contributed by atoms with Gasteiger partial charge in [0.15, 0.2) is 5.96 Å². The highest BCUT2D eigenvalue weighted by atomic mass is 19.4. The van der Waals surface area contributed by atoms with E-state index in [1.165, 1.54) is 0 Å². The van der Waals surface area contributed by atoms with Crippen molar-refractivity contribution >= 4 is 5.96 Å². The van der Waals surface area contributed by atoms with E-state index in [9.17, 15) is 13.2 Å². The van der Waals surface area contributed by atoms with Gasteiger partial charge in [-0.25, -0.2) is 0 Å². The highest BCUT2D eigenvalue weighted by Crippen LogP contribution is 2.18. The highest BCUT2D eigenvalue weighted by molar-refractivity contribution is 5.79. The van der Waals surface area contributed by atoms with E-state index in [1.54, 1.807) is 0 Å². The molecule has 0 aliphatic carbocycles. The minimum Gasteiger partial charge on any atom is -0.375 e. The third kappa shape index (κ3) is 9.23. The molecule has 0 heterocycles. The summed E-state index contributed by atoms with van der Waals surface area (Å²) < 4.78 is 41.7. The van der Waals surface area contributed by atoms with Crippen molar-refractivity contribution in [3.05, 3.63) is 35.9 Å². The smallest absolute Gasteiger partial charge is 0.375 e. The van der Waals surface area contributed by atoms with Crippen molar-refractivity contribution in [3.63, 3.8) is 0 Å². The van der Waals surface area contributed by atoms with Gasteiger partial charge in [-0.05, 0) is 12.5 Å². The Balaban J connectivity index is 2.22. The molecule has 0 fully saturated rings. The molecule has 0 aromatic heterocycles. The SMILES string of the molecule is CCNC(=NCCC(F)(F)F)NCCOCc1ccccc1. The van der Waals surface area contributed by atoms with Gasteiger partial charge in [-0.2, -0.15) is 13.2 Å². The molecule has 0 bridgehead atoms. The van der Waals surface area contributed by atoms with Crippen molar-refractivity contribution < 1.29 is 17.9 Å². The van der Waals surface area contributed by atoms with E-state index in [-0.39, 0.29) is 6.54 Å². The molecule has 0 unspecified atom stereocenters. The van der Waals surface area contributed by atoms with Crippen LogP contribution in [-0.4, -0.2) is 38.4 Å². The third-order valence-electron chi connectivity index (χ3n) is 2.66. The second kappa shape index (κ2) is 10.0. The van der Waals surface area contributed by atoms with E-state index >= 15 is 0 Å². The average molecular weight is 317 g/mol. The largest absolute Gasteiger partial charge is 0.390 e. The van der Waals surface area contributed by atoms with E-state index in [4.69, 9.17) is 4.74 Å². The first kappa shape index (κ1) is 18.3. The molecule has 124 valence electrons. The van der Waals surface area contributed by atoms with Gasteiger partial charge in [0.05, 0.1) is 26.2 Å². The van der Waals surface area contributed by atoms with Crippen molar-refractivity contribution in [2.75, 3.05) is 26.2 Å². The van der Waals surface area contributed by atoms with E-state index in [1.807, 2.05) is 37.3 Å². The lowest BCUT2D eigenvalue weighted by atomic mass is 10.2. The van der Waals surface area contributed by atoms with Gasteiger partial charge in [0, 0.05) is 13.1 Å². The summed E-state index contributed by atoms with van der Waals surface area (Å²) in [4.78, 5) is 3.87. The van der Waals surface area contributed by atoms with Crippen LogP contribution in [-0.2, 0) is 11.3 Å². The quantitative estimate of drug-likeness (QED) is 0.440. The number of nitrogens with zero attached hydrogens (tertiary/aromatic N) is 1. The summed E-state index contributed by atoms with van der Waals surface area (Å²) in [5, 5.41) is 5.83. The zero-order chi connectivity index (χ0) is 16.3. The Morgan fingerprint density at radius 2 is 1.91 bits per heavy atom. The molecule has 1 aromatic rings. The molecule has 0 aliphatic heterocycles. The third-order valence-corrected chi connectivity index (χ3v) is 2.66. The second-order valence-electron chi connectivity index (χ2n) is 4.59. The predicted octanol–water partition coefficient (Wildman–Crippen LogP) is 2.71. The molecule has 1 aromatic carbocycles. The van der Waals surface area contributed by atoms with Crippen LogP contribution in [0, 0.1) is 0 Å². The van der Waals surface area contributed by atoms with Crippen molar-refractivity contribution in [1.29, 1.82) is 0 Å². The lowest BCUT2D eigenvalue weighted by Crippen LogP contribution is -2.39. The fourth-order valence-corrected chi connectivity index (χ4v) is 1.64. The minimum atomic E-state index is -4.18. The molecule has 0 saturated carbocycles. The Kier molecular flexibility index (Phi) is 8.35. The van der Waals surface area contributed by atoms with Crippen LogP contribution >= 0.6 is 0 Å². The summed E-state index contributed by atoms with van der Waals surface area (Å²) in [6.45, 7) is 3.58. The number of halogens is 3. The van der Waals surface area contributed by atoms with E-state index < -0.39 is 12.6 Å². The number of guanidine groups is 1. The minimum absolute atomic E-state index is 0.288. The number of hydrogen-bond acceptors (Lipinski definition) is 2. The first-order chi connectivity index (χ1) is 10.5. The normalized spacial score (nSPS) is 12.3. The molecule has 7 heteroatoms. The van der Waals surface area contributed by atoms with Crippen LogP contribution in [0.1, 0.15) is 18.9 Å². The molecule has 22 heavy (non-hydrogen) atoms. The van der Waals surface area contributed by atoms with Crippen LogP contribution in [0.15, 0.2) is 35.3 Å². The average Bonchev–Trinajstić information content (AvgIpc) is 2.46. The van der Waals surface area contributed by atoms with Gasteiger partial charge in [0.1, 0.15) is 0 Å². The summed E-state index contributed by atoms with van der Waals surface area (Å²) in [7, 11) is 0. The summed E-state index contributed by atoms with van der Waals surface area (Å²) in [5.74, 6) is 0.370. The first-order valence-electron chi connectivity index (χ1n) is 7.22. The maximum Gasteiger partial charge on any atom is 0.390 e. The monoisotopic (exact) mass is 317 g/mol. The number of rotatable bonds is 8. The molecule has 0 aliphatic rings. The Morgan fingerprint density at radius 3 is 2.55 bits per heavy atom. The molecule has 1 rings (SSSR count). The lowest BCUT2D eigenvalue weighted by Gasteiger charge is -2.12. The molecular weight excluding hydrogens is 295 g/mol. The maximum atomic E-state index is 12.1. The van der Waals surface area contributed by atoms with Crippen molar-refractivity contribution in [2.45, 2.75) is 26.1 Å². The Labute approximate surface area is 128 Å². The van der Waals surface area contributed by atoms with Crippen molar-refractivity contribution in [1.82, 2.24) is 10.6 Å². The van der Waals surface area contributed by atoms with Gasteiger partial charge in [-0.3, -0.25) is 4.99 Å². The summed E-state index contributed by atoms with van der Waals surface area (Å²) in [5.41, 5.74) is 1.08. The van der Waals surface area contributed by atoms with Crippen LogP contribution in [0.5, 0.6) is 0 Å².